The minimum absolute atomic E-state index is 0.145. The van der Waals surface area contributed by atoms with E-state index in [1.807, 2.05) is 51.1 Å². The third kappa shape index (κ3) is 9.01. The zero-order valence-electron chi connectivity index (χ0n) is 25.6. The van der Waals surface area contributed by atoms with Crippen LogP contribution in [0.1, 0.15) is 38.3 Å². The van der Waals surface area contributed by atoms with Crippen LogP contribution in [0.2, 0.25) is 10.0 Å². The van der Waals surface area contributed by atoms with Gasteiger partial charge in [0.25, 0.3) is 0 Å². The zero-order chi connectivity index (χ0) is 31.9. The first-order valence-electron chi connectivity index (χ1n) is 14.4. The van der Waals surface area contributed by atoms with Gasteiger partial charge in [-0.15, -0.1) is 5.10 Å². The van der Waals surface area contributed by atoms with Crippen molar-refractivity contribution in [2.75, 3.05) is 50.7 Å². The van der Waals surface area contributed by atoms with E-state index in [0.717, 1.165) is 17.7 Å². The maximum Gasteiger partial charge on any atom is 0.410 e. The van der Waals surface area contributed by atoms with Crippen molar-refractivity contribution in [1.29, 1.82) is 0 Å². The lowest BCUT2D eigenvalue weighted by Gasteiger charge is -2.34. The number of rotatable bonds is 10. The van der Waals surface area contributed by atoms with E-state index in [-0.39, 0.29) is 12.7 Å². The van der Waals surface area contributed by atoms with Gasteiger partial charge in [-0.05, 0) is 70.4 Å². The van der Waals surface area contributed by atoms with Gasteiger partial charge in [-0.3, -0.25) is 5.32 Å². The SMILES string of the molecule is COCCCc1cc(Cl)c(Cl)cc1NC(=O)Nc1c(C)c(OCC2CN(C(=O)OC(C)(C)C)CCO2)nn1-c1ccccc1. The molecule has 1 unspecified atom stereocenters. The summed E-state index contributed by atoms with van der Waals surface area (Å²) in [5, 5.41) is 11.2. The monoisotopic (exact) mass is 647 g/mol. The fourth-order valence-corrected chi connectivity index (χ4v) is 4.93. The second-order valence-corrected chi connectivity index (χ2v) is 12.2. The number of carbonyl (C=O) groups excluding carboxylic acids is 2. The minimum atomic E-state index is -0.593. The number of aromatic nitrogens is 2. The van der Waals surface area contributed by atoms with E-state index < -0.39 is 17.7 Å². The van der Waals surface area contributed by atoms with E-state index in [1.54, 1.807) is 35.7 Å². The first-order valence-corrected chi connectivity index (χ1v) is 15.1. The summed E-state index contributed by atoms with van der Waals surface area (Å²) < 4.78 is 24.2. The van der Waals surface area contributed by atoms with Crippen LogP contribution in [0, 0.1) is 6.92 Å². The number of amides is 3. The van der Waals surface area contributed by atoms with Crippen LogP contribution >= 0.6 is 23.2 Å². The molecule has 2 aromatic carbocycles. The molecule has 3 aromatic rings. The highest BCUT2D eigenvalue weighted by atomic mass is 35.5. The highest BCUT2D eigenvalue weighted by Gasteiger charge is 2.29. The lowest BCUT2D eigenvalue weighted by atomic mass is 10.1. The van der Waals surface area contributed by atoms with Crippen molar-refractivity contribution in [2.24, 2.45) is 0 Å². The largest absolute Gasteiger partial charge is 0.474 e. The second-order valence-electron chi connectivity index (χ2n) is 11.4. The van der Waals surface area contributed by atoms with E-state index in [2.05, 4.69) is 15.7 Å². The van der Waals surface area contributed by atoms with Crippen LogP contribution in [0.5, 0.6) is 5.88 Å². The Morgan fingerprint density at radius 3 is 2.55 bits per heavy atom. The fourth-order valence-electron chi connectivity index (χ4n) is 4.58. The lowest BCUT2D eigenvalue weighted by Crippen LogP contribution is -2.49. The fraction of sp³-hybridized carbons (Fsp3) is 0.452. The van der Waals surface area contributed by atoms with E-state index >= 15 is 0 Å². The highest BCUT2D eigenvalue weighted by molar-refractivity contribution is 6.42. The average molecular weight is 649 g/mol. The summed E-state index contributed by atoms with van der Waals surface area (Å²) in [5.74, 6) is 0.738. The first-order chi connectivity index (χ1) is 20.9. The van der Waals surface area contributed by atoms with Gasteiger partial charge < -0.3 is 29.2 Å². The standard InChI is InChI=1S/C31H39Cl2N5O6/c1-20-27(35-29(39)34-26-17-25(33)24(32)16-21(26)10-9-14-41-5)38(22-11-7-6-8-12-22)36-28(20)43-19-23-18-37(13-15-42-23)30(40)44-31(2,3)4/h6-8,11-12,16-17,23H,9-10,13-15,18-19H2,1-5H3,(H2,34,35,39). The molecule has 1 aliphatic rings. The second kappa shape index (κ2) is 15.0. The molecule has 44 heavy (non-hydrogen) atoms. The Morgan fingerprint density at radius 1 is 1.11 bits per heavy atom. The molecule has 0 spiro atoms. The quantitative estimate of drug-likeness (QED) is 0.235. The van der Waals surface area contributed by atoms with Crippen molar-refractivity contribution in [3.8, 4) is 11.6 Å². The number of benzene rings is 2. The van der Waals surface area contributed by atoms with E-state index in [9.17, 15) is 9.59 Å². The first kappa shape index (κ1) is 33.4. The average Bonchev–Trinajstić information content (AvgIpc) is 3.28. The molecule has 1 fully saturated rings. The molecule has 13 heteroatoms. The van der Waals surface area contributed by atoms with Crippen molar-refractivity contribution in [3.05, 3.63) is 63.6 Å². The number of morpholine rings is 1. The van der Waals surface area contributed by atoms with Crippen molar-refractivity contribution in [3.63, 3.8) is 0 Å². The van der Waals surface area contributed by atoms with Crippen molar-refractivity contribution >= 4 is 46.8 Å². The third-order valence-corrected chi connectivity index (χ3v) is 7.42. The number of hydrogen-bond acceptors (Lipinski definition) is 7. The van der Waals surface area contributed by atoms with Crippen molar-refractivity contribution < 1.29 is 28.5 Å². The van der Waals surface area contributed by atoms with Gasteiger partial charge >= 0.3 is 12.1 Å². The molecule has 1 aliphatic heterocycles. The number of methoxy groups -OCH3 is 1. The predicted octanol–water partition coefficient (Wildman–Crippen LogP) is 6.73. The Hall–Kier alpha value is -3.51. The number of anilines is 2. The Morgan fingerprint density at radius 2 is 1.84 bits per heavy atom. The van der Waals surface area contributed by atoms with Crippen LogP contribution in [0.3, 0.4) is 0 Å². The molecular weight excluding hydrogens is 609 g/mol. The predicted molar refractivity (Wildman–Crippen MR) is 171 cm³/mol. The molecule has 2 heterocycles. The van der Waals surface area contributed by atoms with E-state index in [0.29, 0.717) is 65.7 Å². The molecule has 238 valence electrons. The topological polar surface area (TPSA) is 116 Å². The minimum Gasteiger partial charge on any atom is -0.474 e. The van der Waals surface area contributed by atoms with E-state index in [4.69, 9.17) is 42.1 Å². The number of aryl methyl sites for hydroxylation is 1. The molecule has 2 N–H and O–H groups in total. The molecule has 0 aliphatic carbocycles. The van der Waals surface area contributed by atoms with Gasteiger partial charge in [0.1, 0.15) is 24.1 Å². The van der Waals surface area contributed by atoms with Gasteiger partial charge in [0.05, 0.1) is 34.4 Å². The summed E-state index contributed by atoms with van der Waals surface area (Å²) in [6.07, 6.45) is 0.597. The summed E-state index contributed by atoms with van der Waals surface area (Å²) in [4.78, 5) is 27.5. The molecule has 1 atom stereocenters. The number of carbonyl (C=O) groups is 2. The molecule has 4 rings (SSSR count). The highest BCUT2D eigenvalue weighted by Crippen LogP contribution is 2.32. The lowest BCUT2D eigenvalue weighted by molar-refractivity contribution is -0.0562. The number of nitrogens with zero attached hydrogens (tertiary/aromatic N) is 3. The van der Waals surface area contributed by atoms with Gasteiger partial charge in [0, 0.05) is 25.9 Å². The van der Waals surface area contributed by atoms with Gasteiger partial charge in [0.2, 0.25) is 5.88 Å². The van der Waals surface area contributed by atoms with Gasteiger partial charge in [-0.1, -0.05) is 41.4 Å². The molecule has 1 aromatic heterocycles. The van der Waals surface area contributed by atoms with Crippen LogP contribution in [0.4, 0.5) is 21.1 Å². The number of hydrogen-bond donors (Lipinski definition) is 2. The van der Waals surface area contributed by atoms with Crippen LogP contribution in [-0.4, -0.2) is 78.5 Å². The smallest absolute Gasteiger partial charge is 0.410 e. The maximum atomic E-state index is 13.3. The Kier molecular flexibility index (Phi) is 11.4. The molecular formula is C31H39Cl2N5O6. The molecule has 1 saturated heterocycles. The molecule has 0 radical (unpaired) electrons. The zero-order valence-corrected chi connectivity index (χ0v) is 27.1. The van der Waals surface area contributed by atoms with Crippen LogP contribution < -0.4 is 15.4 Å². The summed E-state index contributed by atoms with van der Waals surface area (Å²) in [6.45, 7) is 9.12. The van der Waals surface area contributed by atoms with Gasteiger partial charge in [-0.25, -0.2) is 14.3 Å². The summed E-state index contributed by atoms with van der Waals surface area (Å²) in [7, 11) is 1.64. The Balaban J connectivity index is 1.51. The maximum absolute atomic E-state index is 13.3. The normalized spacial score (nSPS) is 15.2. The number of para-hydroxylation sites is 1. The van der Waals surface area contributed by atoms with Crippen LogP contribution in [0.15, 0.2) is 42.5 Å². The number of ether oxygens (including phenoxy) is 4. The summed E-state index contributed by atoms with van der Waals surface area (Å²) in [6, 6.07) is 12.3. The molecule has 0 bridgehead atoms. The number of halogens is 2. The third-order valence-electron chi connectivity index (χ3n) is 6.70. The summed E-state index contributed by atoms with van der Waals surface area (Å²) in [5.41, 5.74) is 2.11. The van der Waals surface area contributed by atoms with Gasteiger partial charge in [-0.2, -0.15) is 0 Å². The molecule has 3 amide bonds. The van der Waals surface area contributed by atoms with Crippen molar-refractivity contribution in [2.45, 2.75) is 52.2 Å². The van der Waals surface area contributed by atoms with Gasteiger partial charge in [0.15, 0.2) is 0 Å². The van der Waals surface area contributed by atoms with Crippen LogP contribution in [-0.2, 0) is 20.6 Å². The summed E-state index contributed by atoms with van der Waals surface area (Å²) >= 11 is 12.5. The molecule has 0 saturated carbocycles. The number of urea groups is 1. The van der Waals surface area contributed by atoms with Crippen molar-refractivity contribution in [1.82, 2.24) is 14.7 Å². The van der Waals surface area contributed by atoms with Crippen LogP contribution in [0.25, 0.3) is 5.69 Å². The molecule has 11 nitrogen and oxygen atoms in total. The van der Waals surface area contributed by atoms with E-state index in [1.165, 1.54) is 0 Å². The Bertz CT molecular complexity index is 1440. The number of nitrogens with one attached hydrogen (secondary N) is 2. The Labute approximate surface area is 267 Å².